The maximum absolute atomic E-state index is 10.6. The third-order valence-corrected chi connectivity index (χ3v) is 3.15. The lowest BCUT2D eigenvalue weighted by Crippen LogP contribution is -2.13. The Morgan fingerprint density at radius 2 is 1.53 bits per heavy atom. The summed E-state index contributed by atoms with van der Waals surface area (Å²) in [5.74, 6) is 1.11. The Kier molecular flexibility index (Phi) is 5.37. The highest BCUT2D eigenvalue weighted by Gasteiger charge is 2.22. The van der Waals surface area contributed by atoms with E-state index in [1.54, 1.807) is 18.2 Å². The molecule has 100 valence electrons. The van der Waals surface area contributed by atoms with Crippen LogP contribution in [0.5, 0.6) is 0 Å². The van der Waals surface area contributed by atoms with Crippen molar-refractivity contribution >= 4 is 23.5 Å². The first kappa shape index (κ1) is 15.0. The van der Waals surface area contributed by atoms with E-state index in [4.69, 9.17) is 0 Å². The molecule has 1 aromatic carbocycles. The molecule has 0 radical (unpaired) electrons. The van der Waals surface area contributed by atoms with Gasteiger partial charge in [0.15, 0.2) is 0 Å². The average Bonchev–Trinajstić information content (AvgIpc) is 2.32. The first-order valence-corrected chi connectivity index (χ1v) is 6.31. The smallest absolute Gasteiger partial charge is 0.211 e. The van der Waals surface area contributed by atoms with Crippen LogP contribution in [0.25, 0.3) is 0 Å². The van der Waals surface area contributed by atoms with Gasteiger partial charge < -0.3 is 0 Å². The van der Waals surface area contributed by atoms with Gasteiger partial charge in [-0.15, -0.1) is 0 Å². The molecular formula is C15H18N2O2. The molecular weight excluding hydrogens is 240 g/mol. The second kappa shape index (κ2) is 6.79. The molecule has 0 aliphatic rings. The van der Waals surface area contributed by atoms with Gasteiger partial charge in [0.25, 0.3) is 0 Å². The van der Waals surface area contributed by atoms with Gasteiger partial charge in [-0.1, -0.05) is 33.8 Å². The van der Waals surface area contributed by atoms with Gasteiger partial charge in [0.05, 0.1) is 11.4 Å². The lowest BCUT2D eigenvalue weighted by atomic mass is 9.79. The second-order valence-corrected chi connectivity index (χ2v) is 5.16. The minimum absolute atomic E-state index is 0.279. The lowest BCUT2D eigenvalue weighted by Gasteiger charge is -2.26. The Bertz CT molecular complexity index is 529. The summed E-state index contributed by atoms with van der Waals surface area (Å²) in [6, 6.07) is 5.22. The van der Waals surface area contributed by atoms with Crippen molar-refractivity contribution in [3.63, 3.8) is 0 Å². The van der Waals surface area contributed by atoms with Crippen LogP contribution in [0.2, 0.25) is 0 Å². The molecule has 0 atom stereocenters. The minimum Gasteiger partial charge on any atom is -0.211 e. The Morgan fingerprint density at radius 3 is 2.00 bits per heavy atom. The van der Waals surface area contributed by atoms with Crippen molar-refractivity contribution in [3.8, 4) is 0 Å². The molecule has 0 heterocycles. The van der Waals surface area contributed by atoms with Crippen LogP contribution in [0.1, 0.15) is 39.2 Å². The molecule has 1 aromatic rings. The summed E-state index contributed by atoms with van der Waals surface area (Å²) in [7, 11) is 0. The fourth-order valence-corrected chi connectivity index (χ4v) is 2.57. The highest BCUT2D eigenvalue weighted by molar-refractivity contribution is 5.63. The number of rotatable bonds is 5. The van der Waals surface area contributed by atoms with Gasteiger partial charge in [0.1, 0.15) is 0 Å². The predicted molar refractivity (Wildman–Crippen MR) is 74.4 cm³/mol. The van der Waals surface area contributed by atoms with Gasteiger partial charge in [-0.05, 0) is 35.4 Å². The summed E-state index contributed by atoms with van der Waals surface area (Å²) in [6.07, 6.45) is 3.04. The van der Waals surface area contributed by atoms with E-state index in [1.165, 1.54) is 6.08 Å². The van der Waals surface area contributed by atoms with Crippen LogP contribution in [-0.2, 0) is 9.59 Å². The van der Waals surface area contributed by atoms with E-state index in [0.29, 0.717) is 23.2 Å². The van der Waals surface area contributed by atoms with Crippen LogP contribution in [-0.4, -0.2) is 12.2 Å². The number of carbonyl (C=O) groups excluding carboxylic acids is 2. The minimum atomic E-state index is 0.279. The largest absolute Gasteiger partial charge is 0.240 e. The summed E-state index contributed by atoms with van der Waals surface area (Å²) in [6.45, 7) is 8.54. The zero-order valence-corrected chi connectivity index (χ0v) is 11.7. The summed E-state index contributed by atoms with van der Waals surface area (Å²) < 4.78 is 0. The molecule has 0 fully saturated rings. The van der Waals surface area contributed by atoms with Crippen molar-refractivity contribution < 1.29 is 9.59 Å². The maximum Gasteiger partial charge on any atom is 0.240 e. The van der Waals surface area contributed by atoms with Gasteiger partial charge in [0.2, 0.25) is 12.2 Å². The van der Waals surface area contributed by atoms with Gasteiger partial charge in [-0.25, -0.2) is 9.59 Å². The number of benzene rings is 1. The van der Waals surface area contributed by atoms with Crippen LogP contribution in [0.4, 0.5) is 11.4 Å². The Labute approximate surface area is 113 Å². The van der Waals surface area contributed by atoms with Crippen LogP contribution >= 0.6 is 0 Å². The summed E-state index contributed by atoms with van der Waals surface area (Å²) >= 11 is 0. The van der Waals surface area contributed by atoms with Gasteiger partial charge >= 0.3 is 0 Å². The molecule has 1 rings (SSSR count). The standard InChI is InChI=1S/C15H18N2O2/c1-10(2)15(11(3)4)13-6-5-12(16-8-18)7-14(13)17-9-19/h5-7,10-11,15H,1-4H3. The summed E-state index contributed by atoms with van der Waals surface area (Å²) in [5, 5.41) is 0. The molecule has 0 aliphatic carbocycles. The van der Waals surface area contributed by atoms with E-state index in [9.17, 15) is 9.59 Å². The van der Waals surface area contributed by atoms with Gasteiger partial charge in [-0.2, -0.15) is 9.98 Å². The van der Waals surface area contributed by atoms with Crippen LogP contribution < -0.4 is 0 Å². The second-order valence-electron chi connectivity index (χ2n) is 5.16. The third kappa shape index (κ3) is 3.72. The SMILES string of the molecule is CC(C)C(c1ccc(N=C=O)cc1N=C=O)C(C)C. The molecule has 0 unspecified atom stereocenters. The molecule has 0 N–H and O–H groups in total. The number of aliphatic imine (C=N–C) groups is 2. The molecule has 0 amide bonds. The van der Waals surface area contributed by atoms with Crippen molar-refractivity contribution in [1.82, 2.24) is 0 Å². The Hall–Kier alpha value is -2.02. The van der Waals surface area contributed by atoms with E-state index in [1.807, 2.05) is 6.07 Å². The Morgan fingerprint density at radius 1 is 0.947 bits per heavy atom. The maximum atomic E-state index is 10.6. The zero-order chi connectivity index (χ0) is 14.4. The van der Waals surface area contributed by atoms with E-state index in [-0.39, 0.29) is 5.92 Å². The number of hydrogen-bond donors (Lipinski definition) is 0. The van der Waals surface area contributed by atoms with Crippen molar-refractivity contribution in [2.24, 2.45) is 21.8 Å². The fourth-order valence-electron chi connectivity index (χ4n) is 2.57. The van der Waals surface area contributed by atoms with E-state index in [0.717, 1.165) is 5.56 Å². The van der Waals surface area contributed by atoms with Crippen LogP contribution in [0.15, 0.2) is 28.2 Å². The van der Waals surface area contributed by atoms with Crippen molar-refractivity contribution in [2.75, 3.05) is 0 Å². The third-order valence-electron chi connectivity index (χ3n) is 3.15. The highest BCUT2D eigenvalue weighted by Crippen LogP contribution is 2.38. The zero-order valence-electron chi connectivity index (χ0n) is 11.7. The topological polar surface area (TPSA) is 58.9 Å². The van der Waals surface area contributed by atoms with Crippen molar-refractivity contribution in [2.45, 2.75) is 33.6 Å². The van der Waals surface area contributed by atoms with E-state index >= 15 is 0 Å². The molecule has 0 aromatic heterocycles. The number of isocyanates is 2. The molecule has 0 bridgehead atoms. The Balaban J connectivity index is 3.40. The van der Waals surface area contributed by atoms with Gasteiger partial charge in [-0.3, -0.25) is 0 Å². The van der Waals surface area contributed by atoms with Crippen molar-refractivity contribution in [1.29, 1.82) is 0 Å². The van der Waals surface area contributed by atoms with E-state index < -0.39 is 0 Å². The monoisotopic (exact) mass is 258 g/mol. The molecule has 0 saturated carbocycles. The molecule has 0 aliphatic heterocycles. The molecule has 0 saturated heterocycles. The molecule has 0 spiro atoms. The fraction of sp³-hybridized carbons (Fsp3) is 0.467. The molecule has 4 heteroatoms. The summed E-state index contributed by atoms with van der Waals surface area (Å²) in [5.41, 5.74) is 1.95. The quantitative estimate of drug-likeness (QED) is 0.591. The first-order chi connectivity index (χ1) is 9.01. The van der Waals surface area contributed by atoms with Crippen LogP contribution in [0.3, 0.4) is 0 Å². The number of nitrogens with zero attached hydrogens (tertiary/aromatic N) is 2. The average molecular weight is 258 g/mol. The number of hydrogen-bond acceptors (Lipinski definition) is 4. The van der Waals surface area contributed by atoms with Crippen LogP contribution in [0, 0.1) is 11.8 Å². The van der Waals surface area contributed by atoms with Crippen molar-refractivity contribution in [3.05, 3.63) is 23.8 Å². The predicted octanol–water partition coefficient (Wildman–Crippen LogP) is 4.02. The lowest BCUT2D eigenvalue weighted by molar-refractivity contribution is 0.388. The first-order valence-electron chi connectivity index (χ1n) is 6.31. The normalized spacial score (nSPS) is 10.5. The highest BCUT2D eigenvalue weighted by atomic mass is 16.1. The molecule has 4 nitrogen and oxygen atoms in total. The summed E-state index contributed by atoms with van der Waals surface area (Å²) in [4.78, 5) is 28.1. The van der Waals surface area contributed by atoms with E-state index in [2.05, 4.69) is 37.7 Å². The molecule has 19 heavy (non-hydrogen) atoms. The van der Waals surface area contributed by atoms with Gasteiger partial charge in [0, 0.05) is 0 Å².